The van der Waals surface area contributed by atoms with E-state index in [2.05, 4.69) is 0 Å². The quantitative estimate of drug-likeness (QED) is 0.621. The van der Waals surface area contributed by atoms with Crippen molar-refractivity contribution in [2.24, 2.45) is 11.7 Å². The van der Waals surface area contributed by atoms with E-state index in [0.29, 0.717) is 6.54 Å². The van der Waals surface area contributed by atoms with Gasteiger partial charge in [-0.2, -0.15) is 0 Å². The van der Waals surface area contributed by atoms with E-state index < -0.39 is 6.17 Å². The SMILES string of the molecule is CCC(CCN)C(C)F. The van der Waals surface area contributed by atoms with Gasteiger partial charge in [-0.25, -0.2) is 4.39 Å². The number of halogens is 1. The molecule has 0 saturated heterocycles. The fourth-order valence-electron chi connectivity index (χ4n) is 0.973. The van der Waals surface area contributed by atoms with Crippen LogP contribution in [0.1, 0.15) is 26.7 Å². The Balaban J connectivity index is 3.41. The van der Waals surface area contributed by atoms with Gasteiger partial charge in [-0.1, -0.05) is 13.3 Å². The van der Waals surface area contributed by atoms with Gasteiger partial charge in [0.15, 0.2) is 0 Å². The highest BCUT2D eigenvalue weighted by atomic mass is 19.1. The highest BCUT2D eigenvalue weighted by Crippen LogP contribution is 2.14. The smallest absolute Gasteiger partial charge is 0.100 e. The van der Waals surface area contributed by atoms with Crippen molar-refractivity contribution in [1.82, 2.24) is 0 Å². The summed E-state index contributed by atoms with van der Waals surface area (Å²) < 4.78 is 12.5. The zero-order chi connectivity index (χ0) is 7.28. The predicted octanol–water partition coefficient (Wildman–Crippen LogP) is 1.72. The monoisotopic (exact) mass is 133 g/mol. The molecule has 0 aromatic heterocycles. The van der Waals surface area contributed by atoms with Crippen LogP contribution in [0.5, 0.6) is 0 Å². The van der Waals surface area contributed by atoms with E-state index in [0.717, 1.165) is 12.8 Å². The van der Waals surface area contributed by atoms with Gasteiger partial charge in [0.2, 0.25) is 0 Å². The Kier molecular flexibility index (Phi) is 4.68. The molecule has 0 spiro atoms. The first-order valence-corrected chi connectivity index (χ1v) is 3.56. The molecule has 0 amide bonds. The summed E-state index contributed by atoms with van der Waals surface area (Å²) >= 11 is 0. The normalized spacial score (nSPS) is 17.3. The van der Waals surface area contributed by atoms with Crippen LogP contribution in [0.4, 0.5) is 4.39 Å². The Bertz CT molecular complexity index is 63.9. The van der Waals surface area contributed by atoms with Crippen LogP contribution in [0.25, 0.3) is 0 Å². The molecule has 0 aliphatic rings. The molecule has 0 fully saturated rings. The van der Waals surface area contributed by atoms with Gasteiger partial charge in [0.05, 0.1) is 0 Å². The first kappa shape index (κ1) is 8.89. The Hall–Kier alpha value is -0.110. The molecular weight excluding hydrogens is 117 g/mol. The molecule has 56 valence electrons. The van der Waals surface area contributed by atoms with Crippen molar-refractivity contribution in [2.45, 2.75) is 32.9 Å². The van der Waals surface area contributed by atoms with Gasteiger partial charge in [-0.3, -0.25) is 0 Å². The first-order chi connectivity index (χ1) is 4.22. The second-order valence-corrected chi connectivity index (χ2v) is 2.42. The molecule has 2 atom stereocenters. The molecule has 0 rings (SSSR count). The summed E-state index contributed by atoms with van der Waals surface area (Å²) in [4.78, 5) is 0. The van der Waals surface area contributed by atoms with Crippen LogP contribution in [0, 0.1) is 5.92 Å². The van der Waals surface area contributed by atoms with Crippen LogP contribution in [-0.2, 0) is 0 Å². The van der Waals surface area contributed by atoms with Crippen molar-refractivity contribution in [3.63, 3.8) is 0 Å². The molecule has 0 radical (unpaired) electrons. The minimum absolute atomic E-state index is 0.176. The largest absolute Gasteiger partial charge is 0.330 e. The molecule has 0 aromatic rings. The molecular formula is C7H16FN. The molecule has 2 unspecified atom stereocenters. The van der Waals surface area contributed by atoms with E-state index >= 15 is 0 Å². The van der Waals surface area contributed by atoms with Crippen LogP contribution >= 0.6 is 0 Å². The predicted molar refractivity (Wildman–Crippen MR) is 38.0 cm³/mol. The first-order valence-electron chi connectivity index (χ1n) is 3.56. The molecule has 0 bridgehead atoms. The van der Waals surface area contributed by atoms with E-state index in [1.165, 1.54) is 0 Å². The highest BCUT2D eigenvalue weighted by molar-refractivity contribution is 4.63. The molecule has 0 saturated carbocycles. The van der Waals surface area contributed by atoms with Crippen LogP contribution in [0.15, 0.2) is 0 Å². The number of rotatable bonds is 4. The molecule has 0 aliphatic carbocycles. The molecule has 2 heteroatoms. The van der Waals surface area contributed by atoms with E-state index in [1.807, 2.05) is 6.92 Å². The molecule has 0 aromatic carbocycles. The van der Waals surface area contributed by atoms with Crippen LogP contribution in [0.2, 0.25) is 0 Å². The summed E-state index contributed by atoms with van der Waals surface area (Å²) in [6.07, 6.45) is 1.02. The Labute approximate surface area is 56.4 Å². The maximum absolute atomic E-state index is 12.5. The van der Waals surface area contributed by atoms with Gasteiger partial charge in [-0.05, 0) is 25.8 Å². The molecule has 2 N–H and O–H groups in total. The fourth-order valence-corrected chi connectivity index (χ4v) is 0.973. The van der Waals surface area contributed by atoms with Gasteiger partial charge >= 0.3 is 0 Å². The second-order valence-electron chi connectivity index (χ2n) is 2.42. The van der Waals surface area contributed by atoms with Crippen molar-refractivity contribution >= 4 is 0 Å². The van der Waals surface area contributed by atoms with E-state index in [-0.39, 0.29) is 5.92 Å². The molecule has 9 heavy (non-hydrogen) atoms. The lowest BCUT2D eigenvalue weighted by molar-refractivity contribution is 0.233. The Morgan fingerprint density at radius 3 is 2.22 bits per heavy atom. The van der Waals surface area contributed by atoms with Crippen molar-refractivity contribution in [3.05, 3.63) is 0 Å². The topological polar surface area (TPSA) is 26.0 Å². The highest BCUT2D eigenvalue weighted by Gasteiger charge is 2.12. The van der Waals surface area contributed by atoms with Gasteiger partial charge in [-0.15, -0.1) is 0 Å². The van der Waals surface area contributed by atoms with Crippen LogP contribution in [-0.4, -0.2) is 12.7 Å². The average molecular weight is 133 g/mol. The Morgan fingerprint density at radius 1 is 1.56 bits per heavy atom. The molecule has 1 nitrogen and oxygen atoms in total. The standard InChI is InChI=1S/C7H16FN/c1-3-7(4-5-9)6(2)8/h6-7H,3-5,9H2,1-2H3. The maximum atomic E-state index is 12.5. The molecule has 0 heterocycles. The third-order valence-electron chi connectivity index (χ3n) is 1.71. The lowest BCUT2D eigenvalue weighted by Gasteiger charge is -2.13. The van der Waals surface area contributed by atoms with Gasteiger partial charge < -0.3 is 5.73 Å². The number of hydrogen-bond acceptors (Lipinski definition) is 1. The number of nitrogens with two attached hydrogens (primary N) is 1. The Morgan fingerprint density at radius 2 is 2.11 bits per heavy atom. The van der Waals surface area contributed by atoms with Crippen molar-refractivity contribution < 1.29 is 4.39 Å². The minimum Gasteiger partial charge on any atom is -0.330 e. The summed E-state index contributed by atoms with van der Waals surface area (Å²) in [5, 5.41) is 0. The average Bonchev–Trinajstić information content (AvgIpc) is 1.82. The summed E-state index contributed by atoms with van der Waals surface area (Å²) in [7, 11) is 0. The van der Waals surface area contributed by atoms with Crippen LogP contribution < -0.4 is 5.73 Å². The van der Waals surface area contributed by atoms with Crippen molar-refractivity contribution in [3.8, 4) is 0 Å². The minimum atomic E-state index is -0.696. The second kappa shape index (κ2) is 4.74. The zero-order valence-corrected chi connectivity index (χ0v) is 6.23. The maximum Gasteiger partial charge on any atom is 0.100 e. The fraction of sp³-hybridized carbons (Fsp3) is 1.00. The lowest BCUT2D eigenvalue weighted by atomic mass is 9.98. The van der Waals surface area contributed by atoms with Crippen LogP contribution in [0.3, 0.4) is 0 Å². The summed E-state index contributed by atoms with van der Waals surface area (Å²) in [5.74, 6) is 0.176. The summed E-state index contributed by atoms with van der Waals surface area (Å²) in [5.41, 5.74) is 5.28. The lowest BCUT2D eigenvalue weighted by Crippen LogP contribution is -2.15. The van der Waals surface area contributed by atoms with Gasteiger partial charge in [0, 0.05) is 0 Å². The summed E-state index contributed by atoms with van der Waals surface area (Å²) in [6.45, 7) is 4.20. The van der Waals surface area contributed by atoms with E-state index in [1.54, 1.807) is 6.92 Å². The number of alkyl halides is 1. The summed E-state index contributed by atoms with van der Waals surface area (Å²) in [6, 6.07) is 0. The van der Waals surface area contributed by atoms with Crippen molar-refractivity contribution in [1.29, 1.82) is 0 Å². The molecule has 0 aliphatic heterocycles. The third-order valence-corrected chi connectivity index (χ3v) is 1.71. The number of hydrogen-bond donors (Lipinski definition) is 1. The van der Waals surface area contributed by atoms with Crippen molar-refractivity contribution in [2.75, 3.05) is 6.54 Å². The van der Waals surface area contributed by atoms with E-state index in [9.17, 15) is 4.39 Å². The van der Waals surface area contributed by atoms with Gasteiger partial charge in [0.25, 0.3) is 0 Å². The van der Waals surface area contributed by atoms with Gasteiger partial charge in [0.1, 0.15) is 6.17 Å². The third kappa shape index (κ3) is 3.46. The zero-order valence-electron chi connectivity index (χ0n) is 6.23. The van der Waals surface area contributed by atoms with E-state index in [4.69, 9.17) is 5.73 Å².